The van der Waals surface area contributed by atoms with Gasteiger partial charge in [0.25, 0.3) is 0 Å². The van der Waals surface area contributed by atoms with Crippen molar-refractivity contribution in [2.24, 2.45) is 5.73 Å². The van der Waals surface area contributed by atoms with Gasteiger partial charge in [0.05, 0.1) is 6.61 Å². The number of carbonyl (C=O) groups excluding carboxylic acids is 1. The minimum Gasteiger partial charge on any atom is -0.464 e. The number of carbonyl (C=O) groups is 1. The lowest BCUT2D eigenvalue weighted by molar-refractivity contribution is -0.149. The molecular weight excluding hydrogens is 209 g/mol. The number of hydrogen-bond acceptors (Lipinski definition) is 3. The summed E-state index contributed by atoms with van der Waals surface area (Å²) in [5.41, 5.74) is 5.79. The third kappa shape index (κ3) is 2.39. The summed E-state index contributed by atoms with van der Waals surface area (Å²) in [5.74, 6) is -0.967. The van der Waals surface area contributed by atoms with Crippen LogP contribution >= 0.6 is 0 Å². The van der Waals surface area contributed by atoms with Crippen LogP contribution < -0.4 is 5.73 Å². The molecular formula is C12H16FNO2. The number of rotatable bonds is 3. The largest absolute Gasteiger partial charge is 0.464 e. The van der Waals surface area contributed by atoms with Crippen molar-refractivity contribution in [3.8, 4) is 0 Å². The molecule has 16 heavy (non-hydrogen) atoms. The maximum atomic E-state index is 13.1. The van der Waals surface area contributed by atoms with Crippen molar-refractivity contribution in [1.29, 1.82) is 0 Å². The highest BCUT2D eigenvalue weighted by atomic mass is 19.1. The van der Waals surface area contributed by atoms with Crippen LogP contribution in [0.1, 0.15) is 25.0 Å². The van der Waals surface area contributed by atoms with Gasteiger partial charge in [0.1, 0.15) is 11.4 Å². The van der Waals surface area contributed by atoms with E-state index < -0.39 is 17.3 Å². The summed E-state index contributed by atoms with van der Waals surface area (Å²) in [6, 6.07) is 4.20. The lowest BCUT2D eigenvalue weighted by Gasteiger charge is -2.24. The third-order valence-electron chi connectivity index (χ3n) is 2.46. The zero-order chi connectivity index (χ0) is 12.3. The molecule has 0 spiro atoms. The Labute approximate surface area is 94.4 Å². The number of benzene rings is 1. The summed E-state index contributed by atoms with van der Waals surface area (Å²) in [6.07, 6.45) is 0. The van der Waals surface area contributed by atoms with Gasteiger partial charge in [-0.15, -0.1) is 0 Å². The minimum atomic E-state index is -1.32. The Balaban J connectivity index is 3.15. The van der Waals surface area contributed by atoms with Gasteiger partial charge in [0, 0.05) is 0 Å². The molecule has 2 N–H and O–H groups in total. The van der Waals surface area contributed by atoms with Crippen LogP contribution in [0.4, 0.5) is 4.39 Å². The lowest BCUT2D eigenvalue weighted by atomic mass is 9.89. The Morgan fingerprint density at radius 3 is 2.75 bits per heavy atom. The van der Waals surface area contributed by atoms with Crippen LogP contribution in [0.25, 0.3) is 0 Å². The standard InChI is InChI=1S/C12H16FNO2/c1-4-16-11(15)12(3,14)10-7-9(13)6-5-8(10)2/h5-7H,4,14H2,1-3H3. The number of esters is 1. The molecule has 1 aromatic rings. The van der Waals surface area contributed by atoms with Crippen molar-refractivity contribution in [1.82, 2.24) is 0 Å². The van der Waals surface area contributed by atoms with E-state index in [0.29, 0.717) is 5.56 Å². The van der Waals surface area contributed by atoms with Crippen LogP contribution in [-0.4, -0.2) is 12.6 Å². The van der Waals surface area contributed by atoms with Crippen molar-refractivity contribution in [2.75, 3.05) is 6.61 Å². The Morgan fingerprint density at radius 1 is 1.56 bits per heavy atom. The molecule has 3 nitrogen and oxygen atoms in total. The summed E-state index contributed by atoms with van der Waals surface area (Å²) in [6.45, 7) is 5.25. The Morgan fingerprint density at radius 2 is 2.19 bits per heavy atom. The van der Waals surface area contributed by atoms with E-state index in [1.54, 1.807) is 19.9 Å². The van der Waals surface area contributed by atoms with Crippen molar-refractivity contribution in [2.45, 2.75) is 26.3 Å². The highest BCUT2D eigenvalue weighted by Crippen LogP contribution is 2.23. The monoisotopic (exact) mass is 225 g/mol. The van der Waals surface area contributed by atoms with E-state index >= 15 is 0 Å². The first-order valence-corrected chi connectivity index (χ1v) is 5.12. The summed E-state index contributed by atoms with van der Waals surface area (Å²) < 4.78 is 18.0. The van der Waals surface area contributed by atoms with Gasteiger partial charge in [-0.1, -0.05) is 6.07 Å². The first-order chi connectivity index (χ1) is 7.39. The van der Waals surface area contributed by atoms with Crippen molar-refractivity contribution >= 4 is 5.97 Å². The Kier molecular flexibility index (Phi) is 3.65. The van der Waals surface area contributed by atoms with Crippen molar-refractivity contribution in [3.05, 3.63) is 35.1 Å². The summed E-state index contributed by atoms with van der Waals surface area (Å²) in [7, 11) is 0. The fraction of sp³-hybridized carbons (Fsp3) is 0.417. The average molecular weight is 225 g/mol. The summed E-state index contributed by atoms with van der Waals surface area (Å²) in [5, 5.41) is 0. The summed E-state index contributed by atoms with van der Waals surface area (Å²) >= 11 is 0. The van der Waals surface area contributed by atoms with Gasteiger partial charge in [-0.2, -0.15) is 0 Å². The maximum Gasteiger partial charge on any atom is 0.330 e. The van der Waals surface area contributed by atoms with E-state index in [1.165, 1.54) is 19.1 Å². The molecule has 88 valence electrons. The van der Waals surface area contributed by atoms with E-state index in [9.17, 15) is 9.18 Å². The van der Waals surface area contributed by atoms with Crippen LogP contribution in [-0.2, 0) is 15.1 Å². The van der Waals surface area contributed by atoms with Gasteiger partial charge in [0.15, 0.2) is 0 Å². The topological polar surface area (TPSA) is 52.3 Å². The smallest absolute Gasteiger partial charge is 0.330 e. The van der Waals surface area contributed by atoms with Gasteiger partial charge in [0.2, 0.25) is 0 Å². The first kappa shape index (κ1) is 12.6. The van der Waals surface area contributed by atoms with Gasteiger partial charge in [-0.3, -0.25) is 0 Å². The number of aryl methyl sites for hydroxylation is 1. The predicted octanol–water partition coefficient (Wildman–Crippen LogP) is 1.87. The number of nitrogens with two attached hydrogens (primary N) is 1. The molecule has 1 aromatic carbocycles. The average Bonchev–Trinajstić information content (AvgIpc) is 2.22. The third-order valence-corrected chi connectivity index (χ3v) is 2.46. The Hall–Kier alpha value is -1.42. The highest BCUT2D eigenvalue weighted by Gasteiger charge is 2.33. The van der Waals surface area contributed by atoms with Gasteiger partial charge in [-0.05, 0) is 44.0 Å². The Bertz CT molecular complexity index is 402. The fourth-order valence-corrected chi connectivity index (χ4v) is 1.54. The molecule has 1 unspecified atom stereocenters. The molecule has 0 bridgehead atoms. The molecule has 0 amide bonds. The number of ether oxygens (including phenoxy) is 1. The van der Waals surface area contributed by atoms with E-state index in [-0.39, 0.29) is 6.61 Å². The molecule has 0 aliphatic heterocycles. The molecule has 0 fully saturated rings. The molecule has 0 radical (unpaired) electrons. The number of hydrogen-bond donors (Lipinski definition) is 1. The molecule has 4 heteroatoms. The molecule has 1 rings (SSSR count). The molecule has 1 atom stereocenters. The van der Waals surface area contributed by atoms with Gasteiger partial charge in [-0.25, -0.2) is 9.18 Å². The van der Waals surface area contributed by atoms with E-state index in [1.807, 2.05) is 0 Å². The molecule has 0 saturated carbocycles. The van der Waals surface area contributed by atoms with Crippen LogP contribution in [0, 0.1) is 12.7 Å². The zero-order valence-electron chi connectivity index (χ0n) is 9.71. The first-order valence-electron chi connectivity index (χ1n) is 5.12. The van der Waals surface area contributed by atoms with Crippen LogP contribution in [0.5, 0.6) is 0 Å². The second-order valence-corrected chi connectivity index (χ2v) is 3.88. The molecule has 0 aromatic heterocycles. The normalized spacial score (nSPS) is 14.3. The van der Waals surface area contributed by atoms with E-state index in [0.717, 1.165) is 5.56 Å². The second-order valence-electron chi connectivity index (χ2n) is 3.88. The van der Waals surface area contributed by atoms with Gasteiger partial charge >= 0.3 is 5.97 Å². The van der Waals surface area contributed by atoms with E-state index in [4.69, 9.17) is 10.5 Å². The molecule has 0 aliphatic rings. The predicted molar refractivity (Wildman–Crippen MR) is 59.3 cm³/mol. The number of halogens is 1. The quantitative estimate of drug-likeness (QED) is 0.799. The minimum absolute atomic E-state index is 0.250. The van der Waals surface area contributed by atoms with Crippen molar-refractivity contribution in [3.63, 3.8) is 0 Å². The lowest BCUT2D eigenvalue weighted by Crippen LogP contribution is -2.43. The fourth-order valence-electron chi connectivity index (χ4n) is 1.54. The van der Waals surface area contributed by atoms with Crippen molar-refractivity contribution < 1.29 is 13.9 Å². The van der Waals surface area contributed by atoms with Gasteiger partial charge < -0.3 is 10.5 Å². The van der Waals surface area contributed by atoms with Crippen LogP contribution in [0.3, 0.4) is 0 Å². The molecule has 0 saturated heterocycles. The SMILES string of the molecule is CCOC(=O)C(C)(N)c1cc(F)ccc1C. The summed E-state index contributed by atoms with van der Waals surface area (Å²) in [4.78, 5) is 11.7. The highest BCUT2D eigenvalue weighted by molar-refractivity contribution is 5.82. The molecule has 0 heterocycles. The second kappa shape index (κ2) is 4.61. The zero-order valence-corrected chi connectivity index (χ0v) is 9.71. The van der Waals surface area contributed by atoms with E-state index in [2.05, 4.69) is 0 Å². The molecule has 0 aliphatic carbocycles. The van der Waals surface area contributed by atoms with Crippen LogP contribution in [0.2, 0.25) is 0 Å². The van der Waals surface area contributed by atoms with Crippen LogP contribution in [0.15, 0.2) is 18.2 Å². The maximum absolute atomic E-state index is 13.1.